The standard InChI is InChI=1S/C31H22S/c1-31(2)26-12-5-3-9-22(26)25-18-20(15-17-27(25)31)21-16-14-19-8-7-11-24-23-10-4-6-13-28(23)32-30(21)29(19)24/h3-18H,1-2H3. The van der Waals surface area contributed by atoms with E-state index in [0.717, 1.165) is 0 Å². The first-order valence-electron chi connectivity index (χ1n) is 11.2. The monoisotopic (exact) mass is 426 g/mol. The van der Waals surface area contributed by atoms with Crippen LogP contribution in [-0.4, -0.2) is 0 Å². The molecule has 0 saturated carbocycles. The van der Waals surface area contributed by atoms with Crippen molar-refractivity contribution in [2.45, 2.75) is 29.1 Å². The number of fused-ring (bicyclic) bond motifs is 5. The highest BCUT2D eigenvalue weighted by Gasteiger charge is 2.35. The van der Waals surface area contributed by atoms with Crippen molar-refractivity contribution in [3.63, 3.8) is 0 Å². The summed E-state index contributed by atoms with van der Waals surface area (Å²) in [5, 5.41) is 2.70. The molecular formula is C31H22S. The van der Waals surface area contributed by atoms with E-state index in [0.29, 0.717) is 0 Å². The molecule has 1 heterocycles. The third-order valence-electron chi connectivity index (χ3n) is 7.28. The highest BCUT2D eigenvalue weighted by atomic mass is 32.2. The van der Waals surface area contributed by atoms with Gasteiger partial charge in [0.05, 0.1) is 0 Å². The lowest BCUT2D eigenvalue weighted by atomic mass is 9.82. The second-order valence-electron chi connectivity index (χ2n) is 9.38. The summed E-state index contributed by atoms with van der Waals surface area (Å²) in [5.74, 6) is 0. The van der Waals surface area contributed by atoms with Gasteiger partial charge in [-0.2, -0.15) is 0 Å². The Morgan fingerprint density at radius 1 is 0.562 bits per heavy atom. The van der Waals surface area contributed by atoms with Crippen LogP contribution in [0.25, 0.3) is 44.2 Å². The lowest BCUT2D eigenvalue weighted by molar-refractivity contribution is 0.660. The summed E-state index contributed by atoms with van der Waals surface area (Å²) in [6.07, 6.45) is 0. The van der Waals surface area contributed by atoms with E-state index >= 15 is 0 Å². The molecule has 0 bridgehead atoms. The van der Waals surface area contributed by atoms with E-state index in [1.807, 2.05) is 11.8 Å². The third kappa shape index (κ3) is 2.35. The molecular weight excluding hydrogens is 404 g/mol. The normalized spacial score (nSPS) is 14.7. The van der Waals surface area contributed by atoms with Gasteiger partial charge in [-0.3, -0.25) is 0 Å². The third-order valence-corrected chi connectivity index (χ3v) is 8.49. The maximum atomic E-state index is 2.42. The number of benzene rings is 5. The predicted octanol–water partition coefficient (Wildman–Crippen LogP) is 8.94. The van der Waals surface area contributed by atoms with Crippen LogP contribution >= 0.6 is 11.8 Å². The van der Waals surface area contributed by atoms with Gasteiger partial charge < -0.3 is 0 Å². The van der Waals surface area contributed by atoms with E-state index in [2.05, 4.69) is 111 Å². The molecule has 1 aliphatic carbocycles. The second kappa shape index (κ2) is 6.37. The molecule has 152 valence electrons. The Morgan fingerprint density at radius 2 is 1.31 bits per heavy atom. The van der Waals surface area contributed by atoms with Gasteiger partial charge >= 0.3 is 0 Å². The molecule has 2 aliphatic rings. The minimum absolute atomic E-state index is 0.0446. The molecule has 0 radical (unpaired) electrons. The van der Waals surface area contributed by atoms with Crippen LogP contribution in [0.15, 0.2) is 107 Å². The van der Waals surface area contributed by atoms with Gasteiger partial charge in [0.1, 0.15) is 0 Å². The molecule has 5 aromatic carbocycles. The summed E-state index contributed by atoms with van der Waals surface area (Å²) in [5.41, 5.74) is 11.0. The number of hydrogen-bond donors (Lipinski definition) is 0. The van der Waals surface area contributed by atoms with Crippen molar-refractivity contribution in [1.29, 1.82) is 0 Å². The van der Waals surface area contributed by atoms with Gasteiger partial charge in [-0.15, -0.1) is 0 Å². The van der Waals surface area contributed by atoms with Gasteiger partial charge in [-0.05, 0) is 62.0 Å². The topological polar surface area (TPSA) is 0 Å². The minimum Gasteiger partial charge on any atom is -0.0881 e. The van der Waals surface area contributed by atoms with Crippen LogP contribution in [0.1, 0.15) is 25.0 Å². The molecule has 32 heavy (non-hydrogen) atoms. The predicted molar refractivity (Wildman–Crippen MR) is 137 cm³/mol. The first-order valence-corrected chi connectivity index (χ1v) is 12.0. The van der Waals surface area contributed by atoms with Crippen molar-refractivity contribution >= 4 is 22.5 Å². The van der Waals surface area contributed by atoms with Crippen molar-refractivity contribution in [1.82, 2.24) is 0 Å². The minimum atomic E-state index is 0.0446. The van der Waals surface area contributed by atoms with Crippen LogP contribution in [0, 0.1) is 0 Å². The maximum absolute atomic E-state index is 2.42. The van der Waals surface area contributed by atoms with Crippen molar-refractivity contribution in [2.75, 3.05) is 0 Å². The molecule has 0 unspecified atom stereocenters. The lowest BCUT2D eigenvalue weighted by Gasteiger charge is -2.23. The summed E-state index contributed by atoms with van der Waals surface area (Å²) >= 11 is 1.92. The summed E-state index contributed by atoms with van der Waals surface area (Å²) in [6, 6.07) is 36.1. The Labute approximate surface area is 192 Å². The van der Waals surface area contributed by atoms with Crippen molar-refractivity contribution in [2.24, 2.45) is 0 Å². The summed E-state index contributed by atoms with van der Waals surface area (Å²) in [7, 11) is 0. The molecule has 0 atom stereocenters. The van der Waals surface area contributed by atoms with Crippen LogP contribution in [0.4, 0.5) is 0 Å². The van der Waals surface area contributed by atoms with Crippen molar-refractivity contribution in [3.05, 3.63) is 108 Å². The van der Waals surface area contributed by atoms with E-state index in [9.17, 15) is 0 Å². The Morgan fingerprint density at radius 3 is 2.22 bits per heavy atom. The van der Waals surface area contributed by atoms with Gasteiger partial charge in [-0.1, -0.05) is 111 Å². The zero-order valence-corrected chi connectivity index (χ0v) is 19.0. The first kappa shape index (κ1) is 18.3. The smallest absolute Gasteiger partial charge is 0.0285 e. The van der Waals surface area contributed by atoms with E-state index in [1.165, 1.54) is 65.1 Å². The fourth-order valence-corrected chi connectivity index (χ4v) is 6.96. The Balaban J connectivity index is 1.50. The zero-order chi connectivity index (χ0) is 21.4. The molecule has 0 nitrogen and oxygen atoms in total. The fourth-order valence-electron chi connectivity index (χ4n) is 5.68. The average Bonchev–Trinajstić information content (AvgIpc) is 3.06. The Hall–Kier alpha value is -3.29. The first-order chi connectivity index (χ1) is 15.6. The molecule has 0 fully saturated rings. The van der Waals surface area contributed by atoms with Crippen molar-refractivity contribution < 1.29 is 0 Å². The molecule has 5 aromatic rings. The number of rotatable bonds is 1. The maximum Gasteiger partial charge on any atom is 0.0285 e. The SMILES string of the molecule is CC1(C)c2ccccc2-c2cc(-c3ccc4cccc5c4c3Sc3ccccc3-5)ccc21. The largest absolute Gasteiger partial charge is 0.0881 e. The molecule has 1 heteroatoms. The Bertz CT molecular complexity index is 1570. The molecule has 1 aliphatic heterocycles. The van der Waals surface area contributed by atoms with E-state index < -0.39 is 0 Å². The highest BCUT2D eigenvalue weighted by molar-refractivity contribution is 8.00. The Kier molecular flexibility index (Phi) is 3.64. The molecule has 0 N–H and O–H groups in total. The van der Waals surface area contributed by atoms with Gasteiger partial charge in [0.15, 0.2) is 0 Å². The van der Waals surface area contributed by atoms with E-state index in [1.54, 1.807) is 0 Å². The van der Waals surface area contributed by atoms with Gasteiger partial charge in [0.2, 0.25) is 0 Å². The summed E-state index contributed by atoms with van der Waals surface area (Å²) < 4.78 is 0. The second-order valence-corrected chi connectivity index (χ2v) is 10.4. The molecule has 7 rings (SSSR count). The zero-order valence-electron chi connectivity index (χ0n) is 18.1. The molecule has 0 spiro atoms. The van der Waals surface area contributed by atoms with Gasteiger partial charge in [0, 0.05) is 20.6 Å². The van der Waals surface area contributed by atoms with Crippen LogP contribution in [0.5, 0.6) is 0 Å². The van der Waals surface area contributed by atoms with Crippen LogP contribution < -0.4 is 0 Å². The highest BCUT2D eigenvalue weighted by Crippen LogP contribution is 2.53. The van der Waals surface area contributed by atoms with E-state index in [4.69, 9.17) is 0 Å². The van der Waals surface area contributed by atoms with Crippen LogP contribution in [-0.2, 0) is 5.41 Å². The molecule has 0 aromatic heterocycles. The molecule has 0 saturated heterocycles. The van der Waals surface area contributed by atoms with Gasteiger partial charge in [0.25, 0.3) is 0 Å². The van der Waals surface area contributed by atoms with Crippen LogP contribution in [0.3, 0.4) is 0 Å². The summed E-state index contributed by atoms with van der Waals surface area (Å²) in [6.45, 7) is 4.69. The van der Waals surface area contributed by atoms with Crippen LogP contribution in [0.2, 0.25) is 0 Å². The quantitative estimate of drug-likeness (QED) is 0.253. The average molecular weight is 427 g/mol. The lowest BCUT2D eigenvalue weighted by Crippen LogP contribution is -2.14. The summed E-state index contributed by atoms with van der Waals surface area (Å²) in [4.78, 5) is 2.72. The van der Waals surface area contributed by atoms with Crippen molar-refractivity contribution in [3.8, 4) is 33.4 Å². The fraction of sp³-hybridized carbons (Fsp3) is 0.0968. The number of hydrogen-bond acceptors (Lipinski definition) is 1. The van der Waals surface area contributed by atoms with E-state index in [-0.39, 0.29) is 5.41 Å². The van der Waals surface area contributed by atoms with Gasteiger partial charge in [-0.25, -0.2) is 0 Å². The molecule has 0 amide bonds.